The van der Waals surface area contributed by atoms with Crippen molar-refractivity contribution < 1.29 is 19.1 Å². The first-order valence-corrected chi connectivity index (χ1v) is 10.4. The third-order valence-electron chi connectivity index (χ3n) is 6.52. The maximum absolute atomic E-state index is 12.9. The average Bonchev–Trinajstić information content (AvgIpc) is 3.39. The molecule has 1 aliphatic carbocycles. The Bertz CT molecular complexity index is 856. The Balaban J connectivity index is 1.21. The minimum Gasteiger partial charge on any atom is -0.374 e. The van der Waals surface area contributed by atoms with E-state index < -0.39 is 6.04 Å². The topological polar surface area (TPSA) is 99.8 Å². The number of imide groups is 1. The third-order valence-corrected chi connectivity index (χ3v) is 6.52. The van der Waals surface area contributed by atoms with Crippen molar-refractivity contribution in [2.24, 2.45) is 0 Å². The minimum atomic E-state index is -0.579. The van der Waals surface area contributed by atoms with Crippen LogP contribution in [0.2, 0.25) is 0 Å². The zero-order chi connectivity index (χ0) is 20.0. The molecular formula is C21H26N4O4. The summed E-state index contributed by atoms with van der Waals surface area (Å²) in [4.78, 5) is 38.1. The Hall–Kier alpha value is -2.29. The molecule has 3 aliphatic heterocycles. The van der Waals surface area contributed by atoms with Crippen LogP contribution in [0.15, 0.2) is 18.2 Å². The molecule has 154 valence electrons. The molecule has 1 saturated carbocycles. The highest BCUT2D eigenvalue weighted by Gasteiger charge is 2.45. The lowest BCUT2D eigenvalue weighted by molar-refractivity contribution is -0.136. The predicted molar refractivity (Wildman–Crippen MR) is 104 cm³/mol. The van der Waals surface area contributed by atoms with Crippen molar-refractivity contribution in [1.29, 1.82) is 0 Å². The first-order valence-electron chi connectivity index (χ1n) is 10.4. The lowest BCUT2D eigenvalue weighted by atomic mass is 10.0. The van der Waals surface area contributed by atoms with Crippen LogP contribution in [0.3, 0.4) is 0 Å². The van der Waals surface area contributed by atoms with E-state index in [1.165, 1.54) is 12.8 Å². The molecule has 1 spiro atoms. The Morgan fingerprint density at radius 3 is 2.83 bits per heavy atom. The van der Waals surface area contributed by atoms with Gasteiger partial charge in [0.2, 0.25) is 11.8 Å². The van der Waals surface area contributed by atoms with Gasteiger partial charge in [-0.25, -0.2) is 0 Å². The second-order valence-corrected chi connectivity index (χ2v) is 8.57. The fraction of sp³-hybridized carbons (Fsp3) is 0.571. The van der Waals surface area contributed by atoms with Gasteiger partial charge in [-0.2, -0.15) is 0 Å². The van der Waals surface area contributed by atoms with Crippen LogP contribution in [0.25, 0.3) is 0 Å². The number of nitrogens with zero attached hydrogens (tertiary/aromatic N) is 1. The number of carbonyl (C=O) groups excluding carboxylic acids is 3. The molecule has 1 aromatic carbocycles. The quantitative estimate of drug-likeness (QED) is 0.607. The number of hydrogen-bond donors (Lipinski definition) is 3. The van der Waals surface area contributed by atoms with E-state index in [1.54, 1.807) is 4.90 Å². The molecule has 3 N–H and O–H groups in total. The van der Waals surface area contributed by atoms with E-state index in [0.29, 0.717) is 25.1 Å². The number of amides is 3. The summed E-state index contributed by atoms with van der Waals surface area (Å²) >= 11 is 0. The van der Waals surface area contributed by atoms with Crippen molar-refractivity contribution >= 4 is 17.7 Å². The number of ether oxygens (including phenoxy) is 1. The Kier molecular flexibility index (Phi) is 4.64. The Morgan fingerprint density at radius 2 is 2.10 bits per heavy atom. The standard InChI is InChI=1S/C21H26N4O4/c26-18-5-4-17(19(27)24-18)25-11-16-13(2-1-3-15(16)20(25)28)8-22-9-14-10-23-21(6-7-21)12-29-14/h1-3,14,17,22-23H,4-12H2,(H,24,26,27). The van der Waals surface area contributed by atoms with Crippen LogP contribution in [0.4, 0.5) is 0 Å². The van der Waals surface area contributed by atoms with Gasteiger partial charge in [0.05, 0.1) is 12.7 Å². The molecule has 1 aromatic rings. The summed E-state index contributed by atoms with van der Waals surface area (Å²) in [5.74, 6) is -0.782. The number of rotatable bonds is 5. The molecular weight excluding hydrogens is 372 g/mol. The second kappa shape index (κ2) is 7.19. The zero-order valence-corrected chi connectivity index (χ0v) is 16.3. The maximum Gasteiger partial charge on any atom is 0.255 e. The van der Waals surface area contributed by atoms with E-state index >= 15 is 0 Å². The number of piperidine rings is 1. The number of fused-ring (bicyclic) bond motifs is 1. The molecule has 8 nitrogen and oxygen atoms in total. The molecule has 2 atom stereocenters. The Labute approximate surface area is 169 Å². The normalized spacial score (nSPS) is 27.9. The lowest BCUT2D eigenvalue weighted by Crippen LogP contribution is -2.52. The lowest BCUT2D eigenvalue weighted by Gasteiger charge is -2.30. The monoisotopic (exact) mass is 398 g/mol. The third kappa shape index (κ3) is 3.56. The second-order valence-electron chi connectivity index (χ2n) is 8.57. The fourth-order valence-corrected chi connectivity index (χ4v) is 4.50. The highest BCUT2D eigenvalue weighted by Crippen LogP contribution is 2.37. The molecule has 29 heavy (non-hydrogen) atoms. The molecule has 3 amide bonds. The van der Waals surface area contributed by atoms with Gasteiger partial charge < -0.3 is 20.3 Å². The number of hydrogen-bond acceptors (Lipinski definition) is 6. The molecule has 3 heterocycles. The molecule has 8 heteroatoms. The molecule has 2 unspecified atom stereocenters. The Morgan fingerprint density at radius 1 is 1.24 bits per heavy atom. The fourth-order valence-electron chi connectivity index (χ4n) is 4.50. The van der Waals surface area contributed by atoms with Crippen LogP contribution in [-0.4, -0.2) is 60.0 Å². The van der Waals surface area contributed by atoms with Gasteiger partial charge in [-0.1, -0.05) is 12.1 Å². The van der Waals surface area contributed by atoms with E-state index in [4.69, 9.17) is 4.74 Å². The number of morpholine rings is 1. The molecule has 0 bridgehead atoms. The summed E-state index contributed by atoms with van der Waals surface area (Å²) in [6.07, 6.45) is 3.22. The maximum atomic E-state index is 12.9. The summed E-state index contributed by atoms with van der Waals surface area (Å²) < 4.78 is 5.96. The molecule has 2 saturated heterocycles. The largest absolute Gasteiger partial charge is 0.374 e. The van der Waals surface area contributed by atoms with Crippen molar-refractivity contribution in [3.05, 3.63) is 34.9 Å². The number of benzene rings is 1. The number of carbonyl (C=O) groups is 3. The van der Waals surface area contributed by atoms with Gasteiger partial charge in [0.15, 0.2) is 0 Å². The predicted octanol–water partition coefficient (Wildman–Crippen LogP) is 0.0582. The van der Waals surface area contributed by atoms with Gasteiger partial charge in [-0.3, -0.25) is 19.7 Å². The number of nitrogens with one attached hydrogen (secondary N) is 3. The van der Waals surface area contributed by atoms with E-state index in [1.807, 2.05) is 18.2 Å². The van der Waals surface area contributed by atoms with E-state index in [2.05, 4.69) is 16.0 Å². The van der Waals surface area contributed by atoms with E-state index in [-0.39, 0.29) is 35.8 Å². The van der Waals surface area contributed by atoms with Gasteiger partial charge >= 0.3 is 0 Å². The van der Waals surface area contributed by atoms with Crippen LogP contribution >= 0.6 is 0 Å². The highest BCUT2D eigenvalue weighted by atomic mass is 16.5. The van der Waals surface area contributed by atoms with Crippen molar-refractivity contribution in [2.45, 2.75) is 56.5 Å². The molecule has 3 fully saturated rings. The smallest absolute Gasteiger partial charge is 0.255 e. The summed E-state index contributed by atoms with van der Waals surface area (Å²) in [6.45, 7) is 3.45. The summed E-state index contributed by atoms with van der Waals surface area (Å²) in [5, 5.41) is 9.39. The molecule has 0 aromatic heterocycles. The summed E-state index contributed by atoms with van der Waals surface area (Å²) in [6, 6.07) is 5.14. The average molecular weight is 398 g/mol. The van der Waals surface area contributed by atoms with Crippen molar-refractivity contribution in [2.75, 3.05) is 19.7 Å². The first kappa shape index (κ1) is 18.7. The van der Waals surface area contributed by atoms with Crippen LogP contribution in [0.5, 0.6) is 0 Å². The highest BCUT2D eigenvalue weighted by molar-refractivity contribution is 6.05. The molecule has 5 rings (SSSR count). The van der Waals surface area contributed by atoms with Crippen LogP contribution in [-0.2, 0) is 27.4 Å². The van der Waals surface area contributed by atoms with Crippen molar-refractivity contribution in [3.63, 3.8) is 0 Å². The van der Waals surface area contributed by atoms with Gasteiger partial charge in [-0.05, 0) is 36.5 Å². The van der Waals surface area contributed by atoms with Crippen LogP contribution in [0.1, 0.15) is 47.2 Å². The van der Waals surface area contributed by atoms with Gasteiger partial charge in [0.1, 0.15) is 6.04 Å². The van der Waals surface area contributed by atoms with Gasteiger partial charge in [0.25, 0.3) is 5.91 Å². The van der Waals surface area contributed by atoms with Crippen LogP contribution in [0, 0.1) is 0 Å². The van der Waals surface area contributed by atoms with E-state index in [0.717, 1.165) is 30.8 Å². The summed E-state index contributed by atoms with van der Waals surface area (Å²) in [5.41, 5.74) is 2.94. The molecule has 0 radical (unpaired) electrons. The van der Waals surface area contributed by atoms with Crippen molar-refractivity contribution in [1.82, 2.24) is 20.9 Å². The van der Waals surface area contributed by atoms with Gasteiger partial charge in [0, 0.05) is 43.7 Å². The SMILES string of the molecule is O=C1CCC(N2Cc3c(CNCC4CNC5(CC5)CO4)cccc3C2=O)C(=O)N1. The van der Waals surface area contributed by atoms with Crippen molar-refractivity contribution in [3.8, 4) is 0 Å². The zero-order valence-electron chi connectivity index (χ0n) is 16.3. The summed E-state index contributed by atoms with van der Waals surface area (Å²) in [7, 11) is 0. The van der Waals surface area contributed by atoms with Gasteiger partial charge in [-0.15, -0.1) is 0 Å². The van der Waals surface area contributed by atoms with Crippen LogP contribution < -0.4 is 16.0 Å². The van der Waals surface area contributed by atoms with E-state index in [9.17, 15) is 14.4 Å². The minimum absolute atomic E-state index is 0.133. The molecule has 4 aliphatic rings. The first-order chi connectivity index (χ1) is 14.0.